The van der Waals surface area contributed by atoms with Gasteiger partial charge in [-0.25, -0.2) is 0 Å². The van der Waals surface area contributed by atoms with Crippen LogP contribution in [0.3, 0.4) is 0 Å². The third-order valence-corrected chi connectivity index (χ3v) is 2.62. The summed E-state index contributed by atoms with van der Waals surface area (Å²) in [6, 6.07) is 5.16. The fraction of sp³-hybridized carbons (Fsp3) is 0.455. The fourth-order valence-electron chi connectivity index (χ4n) is 1.63. The number of ether oxygens (including phenoxy) is 2. The highest BCUT2D eigenvalue weighted by Crippen LogP contribution is 2.47. The molecule has 0 aliphatic carbocycles. The molecule has 1 N–H and O–H groups in total. The first kappa shape index (κ1) is 9.19. The van der Waals surface area contributed by atoms with Crippen LogP contribution >= 0.6 is 0 Å². The van der Waals surface area contributed by atoms with Crippen LogP contribution in [-0.2, 0) is 0 Å². The van der Waals surface area contributed by atoms with Gasteiger partial charge in [0.15, 0.2) is 11.5 Å². The van der Waals surface area contributed by atoms with Crippen molar-refractivity contribution in [2.45, 2.75) is 32.5 Å². The Morgan fingerprint density at radius 1 is 1.21 bits per heavy atom. The smallest absolute Gasteiger partial charge is 0.251 e. The number of para-hydroxylation sites is 1. The molecule has 0 bridgehead atoms. The van der Waals surface area contributed by atoms with Gasteiger partial charge in [-0.1, -0.05) is 19.9 Å². The van der Waals surface area contributed by atoms with Crippen LogP contribution in [0.4, 0.5) is 0 Å². The summed E-state index contributed by atoms with van der Waals surface area (Å²) >= 11 is 0. The Morgan fingerprint density at radius 2 is 1.93 bits per heavy atom. The van der Waals surface area contributed by atoms with E-state index in [9.17, 15) is 5.11 Å². The standard InChI is InChI=1S/C11H14O3/c1-3-11(4-2)13-9-7-5-6-8(12)10(9)14-11/h5-7,12H,3-4H2,1-2H3. The van der Waals surface area contributed by atoms with Crippen LogP contribution in [0.15, 0.2) is 18.2 Å². The van der Waals surface area contributed by atoms with Gasteiger partial charge in [0.05, 0.1) is 0 Å². The SMILES string of the molecule is CCC1(CC)Oc2cccc(O)c2O1. The molecule has 3 nitrogen and oxygen atoms in total. The topological polar surface area (TPSA) is 38.7 Å². The Morgan fingerprint density at radius 3 is 2.50 bits per heavy atom. The van der Waals surface area contributed by atoms with Crippen molar-refractivity contribution in [3.63, 3.8) is 0 Å². The molecule has 0 saturated carbocycles. The minimum absolute atomic E-state index is 0.145. The predicted octanol–water partition coefficient (Wildman–Crippen LogP) is 2.68. The average molecular weight is 194 g/mol. The maximum Gasteiger partial charge on any atom is 0.251 e. The molecule has 76 valence electrons. The largest absolute Gasteiger partial charge is 0.504 e. The number of hydrogen-bond donors (Lipinski definition) is 1. The minimum atomic E-state index is -0.582. The molecule has 0 saturated heterocycles. The van der Waals surface area contributed by atoms with E-state index in [-0.39, 0.29) is 5.75 Å². The molecule has 0 amide bonds. The van der Waals surface area contributed by atoms with Crippen LogP contribution in [0.1, 0.15) is 26.7 Å². The lowest BCUT2D eigenvalue weighted by Crippen LogP contribution is -2.36. The highest BCUT2D eigenvalue weighted by atomic mass is 16.7. The highest BCUT2D eigenvalue weighted by Gasteiger charge is 2.39. The number of aromatic hydroxyl groups is 1. The number of benzene rings is 1. The molecule has 0 spiro atoms. The van der Waals surface area contributed by atoms with Crippen LogP contribution in [0.25, 0.3) is 0 Å². The number of rotatable bonds is 2. The number of fused-ring (bicyclic) bond motifs is 1. The molecule has 0 atom stereocenters. The lowest BCUT2D eigenvalue weighted by molar-refractivity contribution is -0.0849. The third kappa shape index (κ3) is 1.20. The van der Waals surface area contributed by atoms with E-state index in [0.717, 1.165) is 12.8 Å². The van der Waals surface area contributed by atoms with E-state index in [0.29, 0.717) is 11.5 Å². The third-order valence-electron chi connectivity index (χ3n) is 2.62. The fourth-order valence-corrected chi connectivity index (χ4v) is 1.63. The van der Waals surface area contributed by atoms with E-state index in [1.54, 1.807) is 12.1 Å². The van der Waals surface area contributed by atoms with E-state index >= 15 is 0 Å². The molecule has 1 heterocycles. The van der Waals surface area contributed by atoms with Gasteiger partial charge in [-0.3, -0.25) is 0 Å². The van der Waals surface area contributed by atoms with E-state index in [2.05, 4.69) is 0 Å². The van der Waals surface area contributed by atoms with Gasteiger partial charge in [-0.15, -0.1) is 0 Å². The molecule has 0 aromatic heterocycles. The first-order valence-corrected chi connectivity index (χ1v) is 4.91. The summed E-state index contributed by atoms with van der Waals surface area (Å²) in [7, 11) is 0. The summed E-state index contributed by atoms with van der Waals surface area (Å²) in [4.78, 5) is 0. The van der Waals surface area contributed by atoms with Crippen LogP contribution in [0, 0.1) is 0 Å². The molecular formula is C11H14O3. The average Bonchev–Trinajstić information content (AvgIpc) is 2.59. The predicted molar refractivity (Wildman–Crippen MR) is 52.7 cm³/mol. The molecule has 0 fully saturated rings. The van der Waals surface area contributed by atoms with Crippen molar-refractivity contribution in [3.05, 3.63) is 18.2 Å². The van der Waals surface area contributed by atoms with Crippen molar-refractivity contribution in [1.29, 1.82) is 0 Å². The van der Waals surface area contributed by atoms with Gasteiger partial charge in [-0.2, -0.15) is 0 Å². The Hall–Kier alpha value is -1.38. The molecule has 0 unspecified atom stereocenters. The maximum atomic E-state index is 9.55. The summed E-state index contributed by atoms with van der Waals surface area (Å²) < 4.78 is 11.3. The van der Waals surface area contributed by atoms with Crippen molar-refractivity contribution in [2.75, 3.05) is 0 Å². The van der Waals surface area contributed by atoms with Gasteiger partial charge in [0.1, 0.15) is 0 Å². The Balaban J connectivity index is 2.38. The summed E-state index contributed by atoms with van der Waals surface area (Å²) in [5.41, 5.74) is 0. The van der Waals surface area contributed by atoms with Gasteiger partial charge in [0, 0.05) is 12.8 Å². The summed E-state index contributed by atoms with van der Waals surface area (Å²) in [5, 5.41) is 9.55. The second kappa shape index (κ2) is 3.08. The molecule has 0 radical (unpaired) electrons. The lowest BCUT2D eigenvalue weighted by atomic mass is 10.1. The van der Waals surface area contributed by atoms with Crippen molar-refractivity contribution in [2.24, 2.45) is 0 Å². The van der Waals surface area contributed by atoms with Crippen LogP contribution in [-0.4, -0.2) is 10.9 Å². The normalized spacial score (nSPS) is 17.0. The zero-order valence-corrected chi connectivity index (χ0v) is 8.41. The highest BCUT2D eigenvalue weighted by molar-refractivity contribution is 5.52. The first-order valence-electron chi connectivity index (χ1n) is 4.91. The first-order chi connectivity index (χ1) is 6.71. The van der Waals surface area contributed by atoms with Gasteiger partial charge in [0.25, 0.3) is 5.79 Å². The molecule has 3 heteroatoms. The van der Waals surface area contributed by atoms with Crippen LogP contribution in [0.5, 0.6) is 17.2 Å². The summed E-state index contributed by atoms with van der Waals surface area (Å²) in [6.07, 6.45) is 1.52. The van der Waals surface area contributed by atoms with Crippen LogP contribution in [0.2, 0.25) is 0 Å². The quantitative estimate of drug-likeness (QED) is 0.786. The Kier molecular flexibility index (Phi) is 2.02. The van der Waals surface area contributed by atoms with Crippen LogP contribution < -0.4 is 9.47 Å². The monoisotopic (exact) mass is 194 g/mol. The zero-order chi connectivity index (χ0) is 10.2. The molecular weight excluding hydrogens is 180 g/mol. The second-order valence-electron chi connectivity index (χ2n) is 3.43. The van der Waals surface area contributed by atoms with Crippen molar-refractivity contribution in [1.82, 2.24) is 0 Å². The van der Waals surface area contributed by atoms with Crippen molar-refractivity contribution >= 4 is 0 Å². The van der Waals surface area contributed by atoms with E-state index < -0.39 is 5.79 Å². The van der Waals surface area contributed by atoms with Gasteiger partial charge in [-0.05, 0) is 12.1 Å². The number of phenolic OH excluding ortho intramolecular Hbond substituents is 1. The van der Waals surface area contributed by atoms with Crippen molar-refractivity contribution in [3.8, 4) is 17.2 Å². The summed E-state index contributed by atoms with van der Waals surface area (Å²) in [5.74, 6) is 0.664. The lowest BCUT2D eigenvalue weighted by Gasteiger charge is -2.24. The maximum absolute atomic E-state index is 9.55. The molecule has 1 aliphatic rings. The molecule has 14 heavy (non-hydrogen) atoms. The van der Waals surface area contributed by atoms with E-state index in [1.807, 2.05) is 19.9 Å². The molecule has 2 rings (SSSR count). The second-order valence-corrected chi connectivity index (χ2v) is 3.43. The molecule has 1 aliphatic heterocycles. The van der Waals surface area contributed by atoms with E-state index in [1.165, 1.54) is 0 Å². The molecule has 1 aromatic rings. The van der Waals surface area contributed by atoms with Crippen molar-refractivity contribution < 1.29 is 14.6 Å². The zero-order valence-electron chi connectivity index (χ0n) is 8.41. The van der Waals surface area contributed by atoms with Gasteiger partial charge < -0.3 is 14.6 Å². The van der Waals surface area contributed by atoms with E-state index in [4.69, 9.17) is 9.47 Å². The Bertz CT molecular complexity index is 342. The van der Waals surface area contributed by atoms with Gasteiger partial charge in [0.2, 0.25) is 5.75 Å². The summed E-state index contributed by atoms with van der Waals surface area (Å²) in [6.45, 7) is 4.01. The van der Waals surface area contributed by atoms with Gasteiger partial charge >= 0.3 is 0 Å². The molecule has 1 aromatic carbocycles. The Labute approximate surface area is 83.3 Å². The number of phenols is 1. The minimum Gasteiger partial charge on any atom is -0.504 e. The number of hydrogen-bond acceptors (Lipinski definition) is 3.